The Morgan fingerprint density at radius 1 is 0.455 bits per heavy atom. The zero-order valence-corrected chi connectivity index (χ0v) is 65.2. The summed E-state index contributed by atoms with van der Waals surface area (Å²) in [5.74, 6) is -4.51. The number of nitrogens with zero attached hydrogens (tertiary/aromatic N) is 4. The Bertz CT molecular complexity index is 5450. The number of thiophene rings is 4. The van der Waals surface area contributed by atoms with Crippen molar-refractivity contribution < 1.29 is 36.6 Å². The molecule has 16 heteroatoms. The van der Waals surface area contributed by atoms with E-state index in [0.717, 1.165) is 183 Å². The highest BCUT2D eigenvalue weighted by molar-refractivity contribution is 7.25. The number of rotatable bonds is 22. The molecule has 110 heavy (non-hydrogen) atoms. The Morgan fingerprint density at radius 2 is 0.809 bits per heavy atom. The lowest BCUT2D eigenvalue weighted by atomic mass is 9.65. The fraction of sp³-hybridized carbons (Fsp3) is 0.234. The lowest BCUT2D eigenvalue weighted by molar-refractivity contribution is 0.103. The predicted octanol–water partition coefficient (Wildman–Crippen LogP) is 25.5. The molecule has 4 aliphatic carbocycles. The van der Waals surface area contributed by atoms with Gasteiger partial charge in [-0.25, -0.2) is 27.7 Å². The first kappa shape index (κ1) is 74.4. The Hall–Kier alpha value is -11.1. The quantitative estimate of drug-likeness (QED) is 0.0286. The van der Waals surface area contributed by atoms with Crippen LogP contribution in [0.5, 0.6) is 11.5 Å². The van der Waals surface area contributed by atoms with E-state index < -0.39 is 56.9 Å². The van der Waals surface area contributed by atoms with Crippen molar-refractivity contribution in [3.05, 3.63) is 314 Å². The number of aryl methyl sites for hydroxylation is 4. The van der Waals surface area contributed by atoms with Gasteiger partial charge in [0.15, 0.2) is 34.8 Å². The molecule has 15 rings (SSSR count). The van der Waals surface area contributed by atoms with Crippen LogP contribution in [0.15, 0.2) is 180 Å². The van der Waals surface area contributed by atoms with Gasteiger partial charge in [0, 0.05) is 62.7 Å². The number of ketones is 2. The van der Waals surface area contributed by atoms with Crippen LogP contribution in [0.1, 0.15) is 187 Å². The molecule has 11 aromatic rings. The van der Waals surface area contributed by atoms with Crippen LogP contribution in [-0.2, 0) is 10.8 Å². The summed E-state index contributed by atoms with van der Waals surface area (Å²) in [7, 11) is 0. The fourth-order valence-corrected chi connectivity index (χ4v) is 21.2. The maximum absolute atomic E-state index is 15.2. The highest BCUT2D eigenvalue weighted by Crippen LogP contribution is 2.67. The summed E-state index contributed by atoms with van der Waals surface area (Å²) < 4.78 is 74.5. The number of halogens is 4. The van der Waals surface area contributed by atoms with Gasteiger partial charge in [0.05, 0.1) is 46.4 Å². The van der Waals surface area contributed by atoms with Gasteiger partial charge in [-0.1, -0.05) is 186 Å². The highest BCUT2D eigenvalue weighted by atomic mass is 32.1. The number of unbranched alkanes of at least 4 members (excludes halogenated alkanes) is 2. The summed E-state index contributed by atoms with van der Waals surface area (Å²) in [6.07, 6.45) is 11.0. The van der Waals surface area contributed by atoms with Crippen LogP contribution in [-0.4, -0.2) is 24.8 Å². The molecule has 2 atom stereocenters. The van der Waals surface area contributed by atoms with E-state index in [4.69, 9.17) is 16.0 Å². The smallest absolute Gasteiger partial charge is 0.270 e. The van der Waals surface area contributed by atoms with Crippen LogP contribution in [0.3, 0.4) is 0 Å². The van der Waals surface area contributed by atoms with Crippen molar-refractivity contribution in [3.63, 3.8) is 0 Å². The molecule has 0 amide bonds. The van der Waals surface area contributed by atoms with Crippen LogP contribution in [0.25, 0.3) is 68.5 Å². The SMILES string of the molecule is [C-]#[N+]C(C#N)=C1/C(=C/c2cc(OCC(CC)CCCC)c(-c3cc4c(s3)-c3cc5c(cc3C4(c3ccc(C)cc3)c3ccc(C)cc3)-c3sc(-c4sc(/C=C6\C(=O)c7cc(F)c(F)cc7C6=C(C#N)C#N)cc4OCC(CC)CCCC)cc3C5(c3ccc(C)cc3)c3ccc(C)cc3)s2)C(=O)c2cc(F)c(F)cc21. The summed E-state index contributed by atoms with van der Waals surface area (Å²) in [5, 5.41) is 31.1. The summed E-state index contributed by atoms with van der Waals surface area (Å²) in [6.45, 7) is 25.9. The molecule has 0 spiro atoms. The summed E-state index contributed by atoms with van der Waals surface area (Å²) in [4.78, 5) is 39.2. The normalized spacial score (nSPS) is 15.7. The van der Waals surface area contributed by atoms with E-state index in [1.54, 1.807) is 34.8 Å². The second-order valence-corrected chi connectivity index (χ2v) is 33.3. The minimum Gasteiger partial charge on any atom is -0.492 e. The molecule has 0 radical (unpaired) electrons. The Morgan fingerprint density at radius 3 is 1.15 bits per heavy atom. The minimum atomic E-state index is -1.22. The molecule has 0 bridgehead atoms. The first-order valence-corrected chi connectivity index (χ1v) is 40.4. The van der Waals surface area contributed by atoms with Gasteiger partial charge in [-0.15, -0.1) is 45.3 Å². The standard InChI is InChI=1S/C94H74F4N4O4S4/c1-10-14-16-55(12-3)49-105-81-36-62(34-70-85(57(46-99)47-100)64-40-76(95)78(97)42-66(64)87(70)103)107-91(81)83-44-74-89(109-83)68-38-73-69(39-72(68)93(74,58-26-18-51(5)19-27-58)59-28-20-52(6)21-29-59)90-75(94(73,60-30-22-53(7)23-31-60)61-32-24-54(8)25-33-61)45-84(110-90)92-82(106-50-56(13-4)17-15-11-2)37-63(108-92)35-71-86(80(48-101)102-9)65-41-77(96)79(98)43-67(65)88(71)104/h18-45,55-56H,10-17,49-50H2,1-8H3/b70-34-,71-35-,86-80?. The molecule has 4 heterocycles. The average molecular weight is 1530 g/mol. The van der Waals surface area contributed by atoms with Gasteiger partial charge in [-0.2, -0.15) is 10.5 Å². The summed E-state index contributed by atoms with van der Waals surface area (Å²) in [6, 6.07) is 57.7. The lowest BCUT2D eigenvalue weighted by Gasteiger charge is -2.35. The third-order valence-corrected chi connectivity index (χ3v) is 27.1. The van der Waals surface area contributed by atoms with Crippen molar-refractivity contribution in [1.29, 1.82) is 15.8 Å². The molecule has 0 saturated carbocycles. The summed E-state index contributed by atoms with van der Waals surface area (Å²) >= 11 is 6.14. The Balaban J connectivity index is 0.988. The molecular weight excluding hydrogens is 1450 g/mol. The van der Waals surface area contributed by atoms with Gasteiger partial charge < -0.3 is 9.47 Å². The number of hydrogen-bond acceptors (Lipinski definition) is 11. The first-order chi connectivity index (χ1) is 53.2. The van der Waals surface area contributed by atoms with E-state index in [0.29, 0.717) is 34.5 Å². The number of benzene rings is 7. The van der Waals surface area contributed by atoms with Crippen molar-refractivity contribution in [2.75, 3.05) is 13.2 Å². The van der Waals surface area contributed by atoms with Gasteiger partial charge in [-0.05, 0) is 192 Å². The molecule has 0 saturated heterocycles. The molecule has 4 aromatic heterocycles. The third kappa shape index (κ3) is 12.5. The predicted molar refractivity (Wildman–Crippen MR) is 435 cm³/mol. The van der Waals surface area contributed by atoms with E-state index in [1.807, 2.05) is 30.3 Å². The van der Waals surface area contributed by atoms with Crippen molar-refractivity contribution >= 4 is 80.2 Å². The van der Waals surface area contributed by atoms with Crippen LogP contribution >= 0.6 is 45.3 Å². The molecule has 8 nitrogen and oxygen atoms in total. The molecule has 0 fully saturated rings. The third-order valence-electron chi connectivity index (χ3n) is 22.3. The van der Waals surface area contributed by atoms with Gasteiger partial charge >= 0.3 is 0 Å². The highest BCUT2D eigenvalue weighted by Gasteiger charge is 2.54. The lowest BCUT2D eigenvalue weighted by Crippen LogP contribution is -2.30. The average Bonchev–Trinajstić information content (AvgIpc) is 1.50. The molecule has 4 aliphatic rings. The van der Waals surface area contributed by atoms with Crippen LogP contribution < -0.4 is 9.47 Å². The van der Waals surface area contributed by atoms with E-state index >= 15 is 17.6 Å². The van der Waals surface area contributed by atoms with Crippen molar-refractivity contribution in [1.82, 2.24) is 0 Å². The fourth-order valence-electron chi connectivity index (χ4n) is 16.4. The van der Waals surface area contributed by atoms with Gasteiger partial charge in [0.1, 0.15) is 29.2 Å². The second kappa shape index (κ2) is 30.1. The van der Waals surface area contributed by atoms with Crippen molar-refractivity contribution in [2.45, 2.75) is 118 Å². The monoisotopic (exact) mass is 1530 g/mol. The number of Topliss-reactive ketones (excluding diaryl/α,β-unsaturated/α-hetero) is 2. The zero-order valence-electron chi connectivity index (χ0n) is 62.0. The first-order valence-electron chi connectivity index (χ1n) is 37.1. The van der Waals surface area contributed by atoms with Crippen LogP contribution in [0.4, 0.5) is 17.6 Å². The van der Waals surface area contributed by atoms with E-state index in [9.17, 15) is 25.4 Å². The number of carbonyl (C=O) groups is 2. The van der Waals surface area contributed by atoms with E-state index in [1.165, 1.54) is 22.7 Å². The van der Waals surface area contributed by atoms with E-state index in [-0.39, 0.29) is 56.4 Å². The Labute approximate surface area is 654 Å². The number of fused-ring (bicyclic) bond motifs is 8. The molecule has 0 aliphatic heterocycles. The van der Waals surface area contributed by atoms with Gasteiger partial charge in [0.2, 0.25) is 0 Å². The number of hydrogen-bond donors (Lipinski definition) is 0. The molecule has 2 unspecified atom stereocenters. The van der Waals surface area contributed by atoms with Crippen LogP contribution in [0.2, 0.25) is 0 Å². The zero-order chi connectivity index (χ0) is 77.2. The largest absolute Gasteiger partial charge is 0.492 e. The molecular formula is C94H74F4N4O4S4. The molecule has 546 valence electrons. The van der Waals surface area contributed by atoms with Crippen molar-refractivity contribution in [2.24, 2.45) is 11.8 Å². The molecule has 7 aromatic carbocycles. The van der Waals surface area contributed by atoms with Gasteiger partial charge in [-0.3, -0.25) is 9.59 Å². The van der Waals surface area contributed by atoms with E-state index in [2.05, 4.69) is 182 Å². The molecule has 0 N–H and O–H groups in total. The van der Waals surface area contributed by atoms with Crippen molar-refractivity contribution in [3.8, 4) is 70.1 Å². The maximum atomic E-state index is 15.2. The van der Waals surface area contributed by atoms with Gasteiger partial charge in [0.25, 0.3) is 5.70 Å². The minimum absolute atomic E-state index is 0.0198. The van der Waals surface area contributed by atoms with Crippen LogP contribution in [0, 0.1) is 103 Å². The maximum Gasteiger partial charge on any atom is 0.270 e. The Kier molecular flexibility index (Phi) is 20.3. The number of allylic oxidation sites excluding steroid dienone is 6. The number of nitriles is 3. The number of ether oxygens (including phenoxy) is 2. The second-order valence-electron chi connectivity index (χ2n) is 29.1. The summed E-state index contributed by atoms with van der Waals surface area (Å²) in [5.41, 5.74) is 11.6. The number of carbonyl (C=O) groups excluding carboxylic acids is 2. The topological polar surface area (TPSA) is 128 Å².